The fraction of sp³-hybridized carbons (Fsp3) is 0.364. The van der Waals surface area contributed by atoms with Gasteiger partial charge in [0.15, 0.2) is 0 Å². The minimum Gasteiger partial charge on any atom is -0.378 e. The van der Waals surface area contributed by atoms with Crippen molar-refractivity contribution in [1.82, 2.24) is 10.2 Å². The summed E-state index contributed by atoms with van der Waals surface area (Å²) in [5.74, 6) is -0.441. The van der Waals surface area contributed by atoms with Crippen LogP contribution in [0.2, 0.25) is 0 Å². The number of likely N-dealkylation sites (tertiary alicyclic amines) is 1. The normalized spacial score (nSPS) is 25.2. The second-order valence-electron chi connectivity index (χ2n) is 11.2. The first-order valence-corrected chi connectivity index (χ1v) is 14.0. The van der Waals surface area contributed by atoms with Crippen molar-refractivity contribution in [2.24, 2.45) is 5.92 Å². The Morgan fingerprint density at radius 2 is 1.85 bits per heavy atom. The molecule has 0 aromatic heterocycles. The van der Waals surface area contributed by atoms with Crippen LogP contribution in [-0.2, 0) is 12.6 Å². The highest BCUT2D eigenvalue weighted by molar-refractivity contribution is 6.04. The average molecular weight is 564 g/mol. The molecule has 0 bridgehead atoms. The number of amides is 1. The molecule has 3 aromatic carbocycles. The number of fused-ring (bicyclic) bond motifs is 1. The van der Waals surface area contributed by atoms with E-state index >= 15 is 0 Å². The summed E-state index contributed by atoms with van der Waals surface area (Å²) in [6.07, 6.45) is 1.79. The summed E-state index contributed by atoms with van der Waals surface area (Å²) in [5, 5.41) is 17.8. The van der Waals surface area contributed by atoms with E-state index in [0.717, 1.165) is 49.1 Å². The number of nitrogens with zero attached hydrogens (tertiary/aromatic N) is 1. The molecule has 3 aromatic rings. The molecule has 0 radical (unpaired) electrons. The number of aliphatic hydroxyl groups is 1. The number of anilines is 1. The molecule has 2 aliphatic rings. The number of hydrogen-bond donors (Lipinski definition) is 3. The molecular weight excluding hydrogens is 527 g/mol. The number of carbonyl (C=O) groups is 1. The highest BCUT2D eigenvalue weighted by Gasteiger charge is 2.43. The van der Waals surface area contributed by atoms with Crippen molar-refractivity contribution in [3.63, 3.8) is 0 Å². The zero-order valence-corrected chi connectivity index (χ0v) is 23.2. The fourth-order valence-electron chi connectivity index (χ4n) is 6.22. The summed E-state index contributed by atoms with van der Waals surface area (Å²) >= 11 is 0. The molecule has 5 atom stereocenters. The van der Waals surface area contributed by atoms with Crippen molar-refractivity contribution >= 4 is 11.6 Å². The molecule has 8 heteroatoms. The number of halogens is 3. The molecule has 0 saturated carbocycles. The molecule has 2 heterocycles. The van der Waals surface area contributed by atoms with Gasteiger partial charge in [-0.25, -0.2) is 0 Å². The lowest BCUT2D eigenvalue weighted by atomic mass is 9.74. The van der Waals surface area contributed by atoms with Crippen molar-refractivity contribution in [2.75, 3.05) is 18.9 Å². The van der Waals surface area contributed by atoms with Crippen molar-refractivity contribution in [2.45, 2.75) is 56.6 Å². The Morgan fingerprint density at radius 1 is 1.07 bits per heavy atom. The lowest BCUT2D eigenvalue weighted by Crippen LogP contribution is -2.59. The number of rotatable bonds is 6. The molecule has 5 rings (SSSR count). The second-order valence-corrected chi connectivity index (χ2v) is 11.2. The fourth-order valence-corrected chi connectivity index (χ4v) is 6.22. The van der Waals surface area contributed by atoms with Crippen LogP contribution < -0.4 is 10.6 Å². The number of hydrogen-bond acceptors (Lipinski definition) is 4. The third-order valence-electron chi connectivity index (χ3n) is 8.49. The van der Waals surface area contributed by atoms with Crippen LogP contribution in [0.15, 0.2) is 84.9 Å². The van der Waals surface area contributed by atoms with Gasteiger partial charge < -0.3 is 15.7 Å². The number of nitrogens with one attached hydrogen (secondary N) is 2. The zero-order chi connectivity index (χ0) is 29.1. The molecule has 3 N–H and O–H groups in total. The minimum absolute atomic E-state index is 0.0668. The Kier molecular flexibility index (Phi) is 8.63. The van der Waals surface area contributed by atoms with Gasteiger partial charge in [-0.2, -0.15) is 13.2 Å². The van der Waals surface area contributed by atoms with Gasteiger partial charge in [0.1, 0.15) is 6.23 Å². The minimum atomic E-state index is -4.53. The maximum atomic E-state index is 13.1. The summed E-state index contributed by atoms with van der Waals surface area (Å²) in [5.41, 5.74) is 2.73. The first kappa shape index (κ1) is 29.0. The van der Waals surface area contributed by atoms with Crippen LogP contribution in [0, 0.1) is 12.8 Å². The topological polar surface area (TPSA) is 64.6 Å². The van der Waals surface area contributed by atoms with E-state index in [0.29, 0.717) is 11.6 Å². The van der Waals surface area contributed by atoms with E-state index in [1.165, 1.54) is 17.7 Å². The average Bonchev–Trinajstić information content (AvgIpc) is 2.96. The molecule has 5 nitrogen and oxygen atoms in total. The Morgan fingerprint density at radius 3 is 2.61 bits per heavy atom. The van der Waals surface area contributed by atoms with Gasteiger partial charge in [0, 0.05) is 35.8 Å². The van der Waals surface area contributed by atoms with Crippen molar-refractivity contribution < 1.29 is 23.1 Å². The lowest BCUT2D eigenvalue weighted by molar-refractivity contribution is -0.137. The van der Waals surface area contributed by atoms with Gasteiger partial charge in [-0.15, -0.1) is 0 Å². The molecule has 0 spiro atoms. The molecule has 41 heavy (non-hydrogen) atoms. The summed E-state index contributed by atoms with van der Waals surface area (Å²) in [6, 6.07) is 20.7. The van der Waals surface area contributed by atoms with E-state index < -0.39 is 23.9 Å². The van der Waals surface area contributed by atoms with E-state index in [-0.39, 0.29) is 23.6 Å². The molecule has 216 valence electrons. The Hall–Kier alpha value is -3.46. The smallest absolute Gasteiger partial charge is 0.378 e. The van der Waals surface area contributed by atoms with Crippen LogP contribution in [0.25, 0.3) is 0 Å². The van der Waals surface area contributed by atoms with Crippen molar-refractivity contribution in [3.8, 4) is 0 Å². The highest BCUT2D eigenvalue weighted by atomic mass is 19.4. The van der Waals surface area contributed by atoms with Gasteiger partial charge in [-0.3, -0.25) is 9.69 Å². The van der Waals surface area contributed by atoms with E-state index in [4.69, 9.17) is 0 Å². The van der Waals surface area contributed by atoms with Gasteiger partial charge in [-0.05, 0) is 86.2 Å². The molecule has 0 aliphatic carbocycles. The van der Waals surface area contributed by atoms with E-state index in [2.05, 4.69) is 39.8 Å². The van der Waals surface area contributed by atoms with Crippen LogP contribution in [0.5, 0.6) is 0 Å². The predicted molar refractivity (Wildman–Crippen MR) is 155 cm³/mol. The van der Waals surface area contributed by atoms with Crippen LogP contribution in [0.3, 0.4) is 0 Å². The number of allylic oxidation sites excluding steroid dienone is 1. The predicted octanol–water partition coefficient (Wildman–Crippen LogP) is 6.15. The number of benzene rings is 3. The van der Waals surface area contributed by atoms with E-state index in [1.807, 2.05) is 44.3 Å². The summed E-state index contributed by atoms with van der Waals surface area (Å²) < 4.78 is 39.4. The molecule has 5 unspecified atom stereocenters. The third-order valence-corrected chi connectivity index (χ3v) is 8.49. The SMILES string of the molecule is Cc1ccc(NC(=O)c2cccc(C(F)(F)F)c2)cc1C1CC2CNC(/C=C\Cc3ccccc3)CC2N(C)C1O. The maximum Gasteiger partial charge on any atom is 0.416 e. The molecule has 1 amide bonds. The van der Waals surface area contributed by atoms with Gasteiger partial charge >= 0.3 is 6.18 Å². The zero-order valence-electron chi connectivity index (χ0n) is 23.2. The van der Waals surface area contributed by atoms with Gasteiger partial charge in [0.2, 0.25) is 0 Å². The first-order chi connectivity index (χ1) is 19.6. The number of aliphatic hydroxyl groups excluding tert-OH is 1. The number of piperidine rings is 2. The molecule has 2 fully saturated rings. The largest absolute Gasteiger partial charge is 0.416 e. The van der Waals surface area contributed by atoms with Crippen LogP contribution in [-0.4, -0.2) is 47.8 Å². The highest BCUT2D eigenvalue weighted by Crippen LogP contribution is 2.41. The van der Waals surface area contributed by atoms with Crippen molar-refractivity contribution in [1.29, 1.82) is 0 Å². The monoisotopic (exact) mass is 563 g/mol. The van der Waals surface area contributed by atoms with E-state index in [9.17, 15) is 23.1 Å². The number of carbonyl (C=O) groups excluding carboxylic acids is 1. The third kappa shape index (κ3) is 6.72. The van der Waals surface area contributed by atoms with Crippen LogP contribution >= 0.6 is 0 Å². The number of likely N-dealkylation sites (N-methyl/N-ethyl adjacent to an activating group) is 1. The summed E-state index contributed by atoms with van der Waals surface area (Å²) in [6.45, 7) is 2.81. The quantitative estimate of drug-likeness (QED) is 0.315. The van der Waals surface area contributed by atoms with Crippen LogP contribution in [0.1, 0.15) is 51.4 Å². The van der Waals surface area contributed by atoms with Crippen LogP contribution in [0.4, 0.5) is 18.9 Å². The Labute approximate surface area is 239 Å². The molecular formula is C33H36F3N3O2. The lowest BCUT2D eigenvalue weighted by Gasteiger charge is -2.50. The van der Waals surface area contributed by atoms with Gasteiger partial charge in [-0.1, -0.05) is 54.6 Å². The first-order valence-electron chi connectivity index (χ1n) is 14.0. The standard InChI is InChI=1S/C33H36F3N3O2/c1-21-14-15-27(38-31(40)23-11-7-12-25(16-23)33(34,35)36)18-28(21)29-17-24-20-37-26(19-30(24)39(2)32(29)41)13-6-10-22-8-4-3-5-9-22/h3-9,11-16,18,24,26,29-30,32,37,41H,10,17,19-20H2,1-2H3,(H,38,40)/b13-6-. The molecule has 2 saturated heterocycles. The summed E-state index contributed by atoms with van der Waals surface area (Å²) in [7, 11) is 1.97. The Balaban J connectivity index is 1.26. The summed E-state index contributed by atoms with van der Waals surface area (Å²) in [4.78, 5) is 14.9. The Bertz CT molecular complexity index is 1390. The van der Waals surface area contributed by atoms with Crippen molar-refractivity contribution in [3.05, 3.63) is 113 Å². The molecule has 2 aliphatic heterocycles. The maximum absolute atomic E-state index is 13.1. The van der Waals surface area contributed by atoms with E-state index in [1.54, 1.807) is 6.07 Å². The number of alkyl halides is 3. The second kappa shape index (κ2) is 12.2. The van der Waals surface area contributed by atoms with Gasteiger partial charge in [0.25, 0.3) is 5.91 Å². The number of aryl methyl sites for hydroxylation is 1. The van der Waals surface area contributed by atoms with Gasteiger partial charge in [0.05, 0.1) is 5.56 Å².